The van der Waals surface area contributed by atoms with Gasteiger partial charge in [-0.15, -0.1) is 13.2 Å². The first-order chi connectivity index (χ1) is 15.1. The standard InChI is InChI=1S/C20H15ClF3N5O3.H2S/c1-11-10-28(13-4-5-16(15(21)7-13)32-20(22,23)24)19(31)17-14(9-26-29(11)17)18(30)27-12-3-2-6-25-8-12;/h2-9,11H,10H2,1H3,(H,27,30);1H2/t11-;/m0./s1. The number of anilines is 2. The summed E-state index contributed by atoms with van der Waals surface area (Å²) in [5, 5.41) is 6.51. The summed E-state index contributed by atoms with van der Waals surface area (Å²) < 4.78 is 42.8. The van der Waals surface area contributed by atoms with E-state index < -0.39 is 23.9 Å². The van der Waals surface area contributed by atoms with Gasteiger partial charge < -0.3 is 15.0 Å². The summed E-state index contributed by atoms with van der Waals surface area (Å²) in [6.07, 6.45) is -0.594. The number of fused-ring (bicyclic) bond motifs is 1. The van der Waals surface area contributed by atoms with Crippen molar-refractivity contribution in [2.45, 2.75) is 19.3 Å². The number of hydrogen-bond acceptors (Lipinski definition) is 5. The third kappa shape index (κ3) is 5.06. The smallest absolute Gasteiger partial charge is 0.404 e. The first kappa shape index (κ1) is 24.4. The summed E-state index contributed by atoms with van der Waals surface area (Å²) in [7, 11) is 0. The number of carbonyl (C=O) groups excluding carboxylic acids is 2. The monoisotopic (exact) mass is 499 g/mol. The van der Waals surface area contributed by atoms with Gasteiger partial charge in [0.2, 0.25) is 0 Å². The number of halogens is 4. The molecule has 1 atom stereocenters. The molecule has 3 aromatic rings. The number of nitrogens with zero attached hydrogens (tertiary/aromatic N) is 4. The second kappa shape index (κ2) is 9.32. The van der Waals surface area contributed by atoms with Gasteiger partial charge in [0, 0.05) is 18.4 Å². The van der Waals surface area contributed by atoms with Crippen molar-refractivity contribution < 1.29 is 27.5 Å². The lowest BCUT2D eigenvalue weighted by atomic mass is 10.1. The molecule has 1 aromatic carbocycles. The van der Waals surface area contributed by atoms with Gasteiger partial charge >= 0.3 is 6.36 Å². The van der Waals surface area contributed by atoms with Gasteiger partial charge in [-0.05, 0) is 37.3 Å². The molecular weight excluding hydrogens is 483 g/mol. The number of benzene rings is 1. The molecule has 33 heavy (non-hydrogen) atoms. The second-order valence-corrected chi connectivity index (χ2v) is 7.38. The van der Waals surface area contributed by atoms with Gasteiger partial charge in [0.1, 0.15) is 11.4 Å². The van der Waals surface area contributed by atoms with Gasteiger partial charge in [-0.25, -0.2) is 0 Å². The molecule has 0 bridgehead atoms. The molecule has 2 aromatic heterocycles. The molecule has 0 unspecified atom stereocenters. The maximum atomic E-state index is 13.2. The van der Waals surface area contributed by atoms with E-state index in [1.165, 1.54) is 34.1 Å². The van der Waals surface area contributed by atoms with E-state index in [-0.39, 0.29) is 48.0 Å². The minimum absolute atomic E-state index is 0. The van der Waals surface area contributed by atoms with Crippen LogP contribution in [0.3, 0.4) is 0 Å². The molecule has 0 aliphatic carbocycles. The first-order valence-electron chi connectivity index (χ1n) is 9.30. The van der Waals surface area contributed by atoms with Crippen molar-refractivity contribution in [2.24, 2.45) is 0 Å². The maximum Gasteiger partial charge on any atom is 0.573 e. The largest absolute Gasteiger partial charge is 0.573 e. The Balaban J connectivity index is 0.00000306. The van der Waals surface area contributed by atoms with Crippen LogP contribution in [0.15, 0.2) is 48.9 Å². The average Bonchev–Trinajstić information content (AvgIpc) is 3.18. The third-order valence-electron chi connectivity index (χ3n) is 4.72. The number of aromatic nitrogens is 3. The van der Waals surface area contributed by atoms with Crippen LogP contribution < -0.4 is 15.0 Å². The zero-order valence-electron chi connectivity index (χ0n) is 16.9. The van der Waals surface area contributed by atoms with E-state index in [1.54, 1.807) is 25.3 Å². The van der Waals surface area contributed by atoms with Crippen LogP contribution in [0, 0.1) is 0 Å². The highest BCUT2D eigenvalue weighted by Gasteiger charge is 2.36. The predicted molar refractivity (Wildman–Crippen MR) is 119 cm³/mol. The number of rotatable bonds is 4. The van der Waals surface area contributed by atoms with Crippen molar-refractivity contribution in [1.82, 2.24) is 14.8 Å². The van der Waals surface area contributed by atoms with Gasteiger partial charge in [-0.1, -0.05) is 11.6 Å². The lowest BCUT2D eigenvalue weighted by Gasteiger charge is -2.32. The van der Waals surface area contributed by atoms with Crippen molar-refractivity contribution in [2.75, 3.05) is 16.8 Å². The number of hydrogen-bond donors (Lipinski definition) is 1. The van der Waals surface area contributed by atoms with Crippen LogP contribution >= 0.6 is 25.1 Å². The molecule has 0 saturated carbocycles. The van der Waals surface area contributed by atoms with Gasteiger partial charge in [0.05, 0.1) is 34.7 Å². The summed E-state index contributed by atoms with van der Waals surface area (Å²) >= 11 is 5.94. The van der Waals surface area contributed by atoms with Gasteiger partial charge in [0.25, 0.3) is 11.8 Å². The number of pyridine rings is 1. The fourth-order valence-electron chi connectivity index (χ4n) is 3.35. The summed E-state index contributed by atoms with van der Waals surface area (Å²) in [6, 6.07) is 6.50. The fourth-order valence-corrected chi connectivity index (χ4v) is 3.56. The van der Waals surface area contributed by atoms with E-state index in [1.807, 2.05) is 0 Å². The van der Waals surface area contributed by atoms with Gasteiger partial charge in [-0.3, -0.25) is 19.3 Å². The molecule has 1 aliphatic rings. The molecule has 8 nitrogen and oxygen atoms in total. The molecule has 174 valence electrons. The lowest BCUT2D eigenvalue weighted by Crippen LogP contribution is -2.43. The minimum Gasteiger partial charge on any atom is -0.404 e. The lowest BCUT2D eigenvalue weighted by molar-refractivity contribution is -0.274. The van der Waals surface area contributed by atoms with Crippen LogP contribution in [0.2, 0.25) is 5.02 Å². The van der Waals surface area contributed by atoms with Crippen molar-refractivity contribution in [1.29, 1.82) is 0 Å². The minimum atomic E-state index is -4.90. The highest BCUT2D eigenvalue weighted by atomic mass is 35.5. The third-order valence-corrected chi connectivity index (χ3v) is 5.02. The van der Waals surface area contributed by atoms with Crippen LogP contribution in [0.5, 0.6) is 5.75 Å². The van der Waals surface area contributed by atoms with Crippen LogP contribution in [-0.2, 0) is 0 Å². The van der Waals surface area contributed by atoms with Gasteiger partial charge in [-0.2, -0.15) is 18.6 Å². The van der Waals surface area contributed by atoms with Crippen molar-refractivity contribution in [3.05, 3.63) is 65.2 Å². The van der Waals surface area contributed by atoms with E-state index in [9.17, 15) is 22.8 Å². The summed E-state index contributed by atoms with van der Waals surface area (Å²) in [6.45, 7) is 1.97. The summed E-state index contributed by atoms with van der Waals surface area (Å²) in [4.78, 5) is 31.3. The zero-order chi connectivity index (χ0) is 23.0. The molecular formula is C20H17ClF3N5O3S. The van der Waals surface area contributed by atoms with E-state index in [4.69, 9.17) is 11.6 Å². The quantitative estimate of drug-likeness (QED) is 0.574. The Bertz CT molecular complexity index is 1190. The topological polar surface area (TPSA) is 89.3 Å². The molecule has 4 rings (SSSR count). The molecule has 0 saturated heterocycles. The number of amides is 2. The van der Waals surface area contributed by atoms with Crippen molar-refractivity contribution >= 4 is 48.3 Å². The maximum absolute atomic E-state index is 13.2. The molecule has 1 aliphatic heterocycles. The molecule has 0 radical (unpaired) electrons. The Morgan fingerprint density at radius 1 is 1.27 bits per heavy atom. The van der Waals surface area contributed by atoms with E-state index in [0.717, 1.165) is 6.07 Å². The predicted octanol–water partition coefficient (Wildman–Crippen LogP) is 4.42. The Morgan fingerprint density at radius 2 is 2.03 bits per heavy atom. The molecule has 0 fully saturated rings. The highest BCUT2D eigenvalue weighted by molar-refractivity contribution is 7.59. The van der Waals surface area contributed by atoms with Crippen LogP contribution in [0.25, 0.3) is 0 Å². The van der Waals surface area contributed by atoms with E-state index in [2.05, 4.69) is 20.1 Å². The molecule has 13 heteroatoms. The van der Waals surface area contributed by atoms with Gasteiger partial charge in [0.15, 0.2) is 0 Å². The zero-order valence-corrected chi connectivity index (χ0v) is 18.7. The molecule has 0 spiro atoms. The number of ether oxygens (including phenoxy) is 1. The van der Waals surface area contributed by atoms with Crippen molar-refractivity contribution in [3.63, 3.8) is 0 Å². The summed E-state index contributed by atoms with van der Waals surface area (Å²) in [5.74, 6) is -1.67. The average molecular weight is 500 g/mol. The van der Waals surface area contributed by atoms with Crippen LogP contribution in [0.4, 0.5) is 24.5 Å². The van der Waals surface area contributed by atoms with E-state index in [0.29, 0.717) is 5.69 Å². The summed E-state index contributed by atoms with van der Waals surface area (Å²) in [5.41, 5.74) is 0.806. The first-order valence-corrected chi connectivity index (χ1v) is 9.68. The molecule has 2 amide bonds. The number of carbonyl (C=O) groups is 2. The van der Waals surface area contributed by atoms with E-state index >= 15 is 0 Å². The van der Waals surface area contributed by atoms with Crippen LogP contribution in [0.1, 0.15) is 33.8 Å². The fraction of sp³-hybridized carbons (Fsp3) is 0.200. The van der Waals surface area contributed by atoms with Crippen molar-refractivity contribution in [3.8, 4) is 5.75 Å². The van der Waals surface area contributed by atoms with Crippen LogP contribution in [-0.4, -0.2) is 39.5 Å². The normalized spacial score (nSPS) is 15.5. The number of alkyl halides is 3. The molecule has 1 N–H and O–H groups in total. The molecule has 3 heterocycles. The number of nitrogens with one attached hydrogen (secondary N) is 1. The highest BCUT2D eigenvalue weighted by Crippen LogP contribution is 2.35. The Labute approximate surface area is 197 Å². The Hall–Kier alpha value is -3.25. The Kier molecular flexibility index (Phi) is 6.89. The second-order valence-electron chi connectivity index (χ2n) is 6.97. The Morgan fingerprint density at radius 3 is 2.67 bits per heavy atom. The SMILES string of the molecule is C[C@H]1CN(c2ccc(OC(F)(F)F)c(Cl)c2)C(=O)c2c(C(=O)Nc3cccnc3)cnn21.S.